The van der Waals surface area contributed by atoms with Crippen molar-refractivity contribution >= 4 is 23.6 Å². The second kappa shape index (κ2) is 9.71. The monoisotopic (exact) mass is 555 g/mol. The average molecular weight is 556 g/mol. The Kier molecular flexibility index (Phi) is 6.10. The Balaban J connectivity index is 1.02. The molecule has 2 aliphatic heterocycles. The normalized spacial score (nSPS) is 24.0. The Hall–Kier alpha value is -4.21. The summed E-state index contributed by atoms with van der Waals surface area (Å²) in [5.74, 6) is -1.34. The highest BCUT2D eigenvalue weighted by Gasteiger charge is 2.45. The molecule has 1 atom stereocenters. The summed E-state index contributed by atoms with van der Waals surface area (Å²) in [5.41, 5.74) is 4.70. The number of amides is 4. The molecule has 2 saturated carbocycles. The molecule has 2 aromatic heterocycles. The van der Waals surface area contributed by atoms with E-state index in [1.54, 1.807) is 25.1 Å². The molecule has 7 rings (SSSR count). The van der Waals surface area contributed by atoms with E-state index in [-0.39, 0.29) is 30.6 Å². The maximum Gasteiger partial charge on any atom is 0.262 e. The molecular formula is C31H30FN5O4. The highest BCUT2D eigenvalue weighted by atomic mass is 19.1. The first-order valence-corrected chi connectivity index (χ1v) is 14.3. The molecule has 1 unspecified atom stereocenters. The minimum Gasteiger partial charge on any atom is -0.295 e. The lowest BCUT2D eigenvalue weighted by Crippen LogP contribution is -2.54. The summed E-state index contributed by atoms with van der Waals surface area (Å²) in [4.78, 5) is 55.9. The summed E-state index contributed by atoms with van der Waals surface area (Å²) in [5, 5.41) is 7.19. The summed E-state index contributed by atoms with van der Waals surface area (Å²) in [6, 6.07) is 7.81. The van der Waals surface area contributed by atoms with E-state index in [4.69, 9.17) is 5.10 Å². The highest BCUT2D eigenvalue weighted by Crippen LogP contribution is 2.46. The molecule has 4 heterocycles. The van der Waals surface area contributed by atoms with E-state index in [1.165, 1.54) is 6.07 Å². The van der Waals surface area contributed by atoms with Crippen LogP contribution in [0.4, 0.5) is 4.39 Å². The number of piperidine rings is 1. The number of imide groups is 2. The fraction of sp³-hybridized carbons (Fsp3) is 0.419. The number of carbonyl (C=O) groups is 4. The zero-order chi connectivity index (χ0) is 28.4. The number of fused-ring (bicyclic) bond motifs is 1. The number of nitrogens with one attached hydrogen (secondary N) is 1. The number of hydrogen-bond acceptors (Lipinski definition) is 6. The van der Waals surface area contributed by atoms with Crippen molar-refractivity contribution in [3.05, 3.63) is 70.4 Å². The second-order valence-electron chi connectivity index (χ2n) is 11.8. The van der Waals surface area contributed by atoms with Crippen LogP contribution in [0.5, 0.6) is 0 Å². The third kappa shape index (κ3) is 4.45. The van der Waals surface area contributed by atoms with E-state index in [0.29, 0.717) is 35.1 Å². The lowest BCUT2D eigenvalue weighted by molar-refractivity contribution is -0.136. The third-order valence-corrected chi connectivity index (χ3v) is 8.98. The summed E-state index contributed by atoms with van der Waals surface area (Å²) >= 11 is 0. The first kappa shape index (κ1) is 25.7. The van der Waals surface area contributed by atoms with Crippen molar-refractivity contribution < 1.29 is 23.6 Å². The Bertz CT molecular complexity index is 1620. The lowest BCUT2D eigenvalue weighted by atomic mass is 9.76. The fourth-order valence-corrected chi connectivity index (χ4v) is 6.45. The van der Waals surface area contributed by atoms with Crippen LogP contribution in [0.2, 0.25) is 0 Å². The number of aryl methyl sites for hydroxylation is 2. The molecule has 210 valence electrons. The zero-order valence-electron chi connectivity index (χ0n) is 22.7. The number of nitrogens with zero attached hydrogens (tertiary/aromatic N) is 4. The number of benzene rings is 1. The van der Waals surface area contributed by atoms with Gasteiger partial charge in [0.25, 0.3) is 11.8 Å². The molecule has 1 N–H and O–H groups in total. The van der Waals surface area contributed by atoms with E-state index in [2.05, 4.69) is 21.2 Å². The van der Waals surface area contributed by atoms with Crippen molar-refractivity contribution in [3.63, 3.8) is 0 Å². The van der Waals surface area contributed by atoms with E-state index in [0.717, 1.165) is 59.5 Å². The third-order valence-electron chi connectivity index (χ3n) is 8.98. The number of halogens is 1. The summed E-state index contributed by atoms with van der Waals surface area (Å²) in [6.07, 6.45) is 7.97. The smallest absolute Gasteiger partial charge is 0.262 e. The van der Waals surface area contributed by atoms with Gasteiger partial charge in [0.05, 0.1) is 34.3 Å². The molecule has 0 radical (unpaired) electrons. The van der Waals surface area contributed by atoms with Gasteiger partial charge in [-0.25, -0.2) is 9.37 Å². The highest BCUT2D eigenvalue weighted by molar-refractivity contribution is 6.24. The van der Waals surface area contributed by atoms with Crippen LogP contribution >= 0.6 is 0 Å². The molecular weight excluding hydrogens is 525 g/mol. The molecule has 2 aliphatic carbocycles. The summed E-state index contributed by atoms with van der Waals surface area (Å²) in [7, 11) is 0. The second-order valence-corrected chi connectivity index (χ2v) is 11.8. The van der Waals surface area contributed by atoms with Crippen LogP contribution in [0.1, 0.15) is 94.6 Å². The van der Waals surface area contributed by atoms with Gasteiger partial charge in [-0.05, 0) is 81.5 Å². The first-order chi connectivity index (χ1) is 19.8. The SMILES string of the molecule is Cc1nc(-c2cn([C@H]3C[C@H](CCc4cccc5c4C(=O)N(C4CCC(=O)NC4=O)C5=O)C3)nc2C2CC2)ccc1F. The number of carbonyl (C=O) groups excluding carboxylic acids is 4. The molecule has 4 aliphatic rings. The maximum atomic E-state index is 13.8. The van der Waals surface area contributed by atoms with Gasteiger partial charge >= 0.3 is 0 Å². The van der Waals surface area contributed by atoms with Crippen LogP contribution < -0.4 is 5.32 Å². The molecule has 3 fully saturated rings. The predicted octanol–water partition coefficient (Wildman–Crippen LogP) is 4.26. The van der Waals surface area contributed by atoms with Crippen molar-refractivity contribution in [1.82, 2.24) is 25.0 Å². The minimum atomic E-state index is -0.964. The van der Waals surface area contributed by atoms with E-state index in [1.807, 2.05) is 6.07 Å². The molecule has 3 aromatic rings. The van der Waals surface area contributed by atoms with Crippen molar-refractivity contribution in [2.45, 2.75) is 76.3 Å². The zero-order valence-corrected chi connectivity index (χ0v) is 22.7. The number of aromatic nitrogens is 3. The van der Waals surface area contributed by atoms with Crippen LogP contribution in [0.25, 0.3) is 11.3 Å². The van der Waals surface area contributed by atoms with Crippen LogP contribution in [0, 0.1) is 18.7 Å². The van der Waals surface area contributed by atoms with E-state index < -0.39 is 23.8 Å². The largest absolute Gasteiger partial charge is 0.295 e. The Labute approximate surface area is 236 Å². The van der Waals surface area contributed by atoms with Crippen molar-refractivity contribution in [2.24, 2.45) is 5.92 Å². The van der Waals surface area contributed by atoms with Crippen LogP contribution in [-0.2, 0) is 16.0 Å². The Morgan fingerprint density at radius 1 is 1.00 bits per heavy atom. The van der Waals surface area contributed by atoms with Gasteiger partial charge in [0.2, 0.25) is 11.8 Å². The van der Waals surface area contributed by atoms with Gasteiger partial charge in [0, 0.05) is 24.1 Å². The standard InChI is InChI=1S/C31H30FN5O4/c1-16-23(32)9-10-24(33-16)22-15-36(35-28(22)19-7-8-19)20-13-17(14-20)5-6-18-3-2-4-21-27(18)31(41)37(30(21)40)25-11-12-26(38)34-29(25)39/h2-4,9-10,15,17,19-20,25H,5-8,11-14H2,1H3,(H,34,38,39)/t17-,20-,25?. The van der Waals surface area contributed by atoms with Gasteiger partial charge in [-0.2, -0.15) is 5.10 Å². The van der Waals surface area contributed by atoms with Crippen molar-refractivity contribution in [3.8, 4) is 11.3 Å². The summed E-state index contributed by atoms with van der Waals surface area (Å²) in [6.45, 7) is 1.68. The average Bonchev–Trinajstić information content (AvgIpc) is 3.63. The van der Waals surface area contributed by atoms with Crippen LogP contribution in [0.3, 0.4) is 0 Å². The minimum absolute atomic E-state index is 0.0967. The Morgan fingerprint density at radius 2 is 1.80 bits per heavy atom. The van der Waals surface area contributed by atoms with Crippen molar-refractivity contribution in [2.75, 3.05) is 0 Å². The Morgan fingerprint density at radius 3 is 2.54 bits per heavy atom. The van der Waals surface area contributed by atoms with Crippen molar-refractivity contribution in [1.29, 1.82) is 0 Å². The molecule has 0 spiro atoms. The maximum absolute atomic E-state index is 13.8. The van der Waals surface area contributed by atoms with E-state index in [9.17, 15) is 23.6 Å². The molecule has 1 aromatic carbocycles. The lowest BCUT2D eigenvalue weighted by Gasteiger charge is -2.35. The molecule has 0 bridgehead atoms. The van der Waals surface area contributed by atoms with Gasteiger partial charge in [-0.1, -0.05) is 12.1 Å². The van der Waals surface area contributed by atoms with Crippen LogP contribution in [0.15, 0.2) is 36.5 Å². The number of rotatable bonds is 7. The number of pyridine rings is 1. The molecule has 1 saturated heterocycles. The first-order valence-electron chi connectivity index (χ1n) is 14.3. The molecule has 41 heavy (non-hydrogen) atoms. The van der Waals surface area contributed by atoms with Gasteiger partial charge in [-0.15, -0.1) is 0 Å². The fourth-order valence-electron chi connectivity index (χ4n) is 6.45. The summed E-state index contributed by atoms with van der Waals surface area (Å²) < 4.78 is 15.9. The van der Waals surface area contributed by atoms with Gasteiger partial charge in [0.1, 0.15) is 11.9 Å². The topological polar surface area (TPSA) is 114 Å². The van der Waals surface area contributed by atoms with Gasteiger partial charge in [0.15, 0.2) is 0 Å². The van der Waals surface area contributed by atoms with Crippen LogP contribution in [-0.4, -0.2) is 49.3 Å². The van der Waals surface area contributed by atoms with Gasteiger partial charge < -0.3 is 0 Å². The number of hydrogen-bond donors (Lipinski definition) is 1. The van der Waals surface area contributed by atoms with E-state index >= 15 is 0 Å². The van der Waals surface area contributed by atoms with Gasteiger partial charge in [-0.3, -0.25) is 34.1 Å². The molecule has 9 nitrogen and oxygen atoms in total. The molecule has 10 heteroatoms. The molecule has 4 amide bonds. The predicted molar refractivity (Wildman–Crippen MR) is 145 cm³/mol. The quantitative estimate of drug-likeness (QED) is 0.436.